The molecule has 112 valence electrons. The van der Waals surface area contributed by atoms with E-state index in [0.29, 0.717) is 18.3 Å². The Kier molecular flexibility index (Phi) is 3.96. The predicted molar refractivity (Wildman–Crippen MR) is 78.1 cm³/mol. The Bertz CT molecular complexity index is 657. The lowest BCUT2D eigenvalue weighted by Crippen LogP contribution is -2.29. The number of aryl methyl sites for hydroxylation is 1. The van der Waals surface area contributed by atoms with Crippen molar-refractivity contribution in [2.75, 3.05) is 18.4 Å². The summed E-state index contributed by atoms with van der Waals surface area (Å²) < 4.78 is 0. The fraction of sp³-hybridized carbons (Fsp3) is 0.538. The van der Waals surface area contributed by atoms with E-state index < -0.39 is 0 Å². The second-order valence-electron chi connectivity index (χ2n) is 5.25. The van der Waals surface area contributed by atoms with Crippen LogP contribution < -0.4 is 16.3 Å². The summed E-state index contributed by atoms with van der Waals surface area (Å²) in [5, 5.41) is 12.8. The van der Waals surface area contributed by atoms with E-state index in [1.807, 2.05) is 13.0 Å². The number of anilines is 1. The number of aromatic nitrogens is 5. The summed E-state index contributed by atoms with van der Waals surface area (Å²) in [6.07, 6.45) is 2.32. The Morgan fingerprint density at radius 3 is 3.05 bits per heavy atom. The summed E-state index contributed by atoms with van der Waals surface area (Å²) in [6, 6.07) is 1.98. The molecule has 2 aromatic rings. The highest BCUT2D eigenvalue weighted by atomic mass is 16.1. The molecule has 1 atom stereocenters. The van der Waals surface area contributed by atoms with Gasteiger partial charge in [-0.1, -0.05) is 0 Å². The fourth-order valence-corrected chi connectivity index (χ4v) is 2.56. The molecule has 8 nitrogen and oxygen atoms in total. The maximum Gasteiger partial charge on any atom is 0.340 e. The molecule has 1 unspecified atom stereocenters. The Balaban J connectivity index is 1.72. The average Bonchev–Trinajstić information content (AvgIpc) is 2.91. The molecule has 4 N–H and O–H groups in total. The van der Waals surface area contributed by atoms with Crippen LogP contribution in [-0.4, -0.2) is 38.2 Å². The van der Waals surface area contributed by atoms with Gasteiger partial charge in [-0.2, -0.15) is 5.10 Å². The number of H-pyrrole nitrogens is 2. The first-order chi connectivity index (χ1) is 10.2. The minimum atomic E-state index is -0.306. The van der Waals surface area contributed by atoms with Gasteiger partial charge in [-0.15, -0.1) is 0 Å². The van der Waals surface area contributed by atoms with Gasteiger partial charge in [-0.25, -0.2) is 19.9 Å². The number of piperidine rings is 1. The standard InChI is InChI=1S/C13H19N7O/c1-8-16-10(9-3-2-4-14-6-9)5-11(17-8)15-7-12-18-13(21)20-19-12/h5,9,14H,2-4,6-7H2,1H3,(H,15,16,17)(H2,18,19,20,21). The lowest BCUT2D eigenvalue weighted by Gasteiger charge is -2.22. The molecule has 8 heteroatoms. The van der Waals surface area contributed by atoms with Gasteiger partial charge < -0.3 is 10.6 Å². The van der Waals surface area contributed by atoms with Gasteiger partial charge in [0.1, 0.15) is 17.5 Å². The second-order valence-corrected chi connectivity index (χ2v) is 5.25. The zero-order chi connectivity index (χ0) is 14.7. The minimum absolute atomic E-state index is 0.306. The van der Waals surface area contributed by atoms with Crippen LogP contribution >= 0.6 is 0 Å². The Morgan fingerprint density at radius 1 is 1.43 bits per heavy atom. The molecule has 0 saturated carbocycles. The van der Waals surface area contributed by atoms with E-state index in [9.17, 15) is 4.79 Å². The third-order valence-electron chi connectivity index (χ3n) is 3.56. The molecule has 1 fully saturated rings. The van der Waals surface area contributed by atoms with Crippen molar-refractivity contribution in [3.8, 4) is 0 Å². The summed E-state index contributed by atoms with van der Waals surface area (Å²) in [5.74, 6) is 2.49. The summed E-state index contributed by atoms with van der Waals surface area (Å²) in [7, 11) is 0. The fourth-order valence-electron chi connectivity index (χ4n) is 2.56. The molecule has 1 aliphatic heterocycles. The molecule has 2 aromatic heterocycles. The second kappa shape index (κ2) is 6.04. The zero-order valence-corrected chi connectivity index (χ0v) is 11.9. The number of nitrogens with zero attached hydrogens (tertiary/aromatic N) is 3. The number of rotatable bonds is 4. The molecule has 0 spiro atoms. The van der Waals surface area contributed by atoms with E-state index in [4.69, 9.17) is 0 Å². The number of aromatic amines is 2. The minimum Gasteiger partial charge on any atom is -0.363 e. The number of nitrogens with one attached hydrogen (secondary N) is 4. The maximum atomic E-state index is 11.0. The molecule has 0 radical (unpaired) electrons. The van der Waals surface area contributed by atoms with Crippen LogP contribution in [0.15, 0.2) is 10.9 Å². The Hall–Kier alpha value is -2.22. The van der Waals surface area contributed by atoms with Crippen LogP contribution in [0.5, 0.6) is 0 Å². The molecular formula is C13H19N7O. The zero-order valence-electron chi connectivity index (χ0n) is 11.9. The predicted octanol–water partition coefficient (Wildman–Crippen LogP) is 0.276. The molecular weight excluding hydrogens is 270 g/mol. The highest BCUT2D eigenvalue weighted by Gasteiger charge is 2.17. The van der Waals surface area contributed by atoms with Crippen LogP contribution in [0.4, 0.5) is 5.82 Å². The maximum absolute atomic E-state index is 11.0. The molecule has 21 heavy (non-hydrogen) atoms. The van der Waals surface area contributed by atoms with E-state index >= 15 is 0 Å². The first kappa shape index (κ1) is 13.7. The third-order valence-corrected chi connectivity index (χ3v) is 3.56. The Morgan fingerprint density at radius 2 is 2.33 bits per heavy atom. The molecule has 0 amide bonds. The van der Waals surface area contributed by atoms with E-state index in [0.717, 1.165) is 36.8 Å². The van der Waals surface area contributed by atoms with Crippen molar-refractivity contribution >= 4 is 5.82 Å². The summed E-state index contributed by atoms with van der Waals surface area (Å²) >= 11 is 0. The van der Waals surface area contributed by atoms with Crippen LogP contribution in [0.3, 0.4) is 0 Å². The third kappa shape index (κ3) is 3.46. The van der Waals surface area contributed by atoms with Crippen LogP contribution in [0.1, 0.15) is 36.1 Å². The Labute approximate surface area is 121 Å². The number of hydrogen-bond donors (Lipinski definition) is 4. The van der Waals surface area contributed by atoms with Crippen molar-refractivity contribution in [1.29, 1.82) is 0 Å². The van der Waals surface area contributed by atoms with Crippen molar-refractivity contribution in [1.82, 2.24) is 30.5 Å². The van der Waals surface area contributed by atoms with Gasteiger partial charge >= 0.3 is 5.69 Å². The smallest absolute Gasteiger partial charge is 0.340 e. The van der Waals surface area contributed by atoms with Gasteiger partial charge in [-0.05, 0) is 26.3 Å². The monoisotopic (exact) mass is 289 g/mol. The van der Waals surface area contributed by atoms with E-state index in [1.54, 1.807) is 0 Å². The van der Waals surface area contributed by atoms with Crippen molar-refractivity contribution < 1.29 is 0 Å². The van der Waals surface area contributed by atoms with Gasteiger partial charge in [-0.3, -0.25) is 4.98 Å². The quantitative estimate of drug-likeness (QED) is 0.643. The van der Waals surface area contributed by atoms with Crippen LogP contribution in [0.2, 0.25) is 0 Å². The SMILES string of the molecule is Cc1nc(NCc2n[nH]c(=O)[nH]2)cc(C2CCCNC2)n1. The first-order valence-electron chi connectivity index (χ1n) is 7.14. The molecule has 3 rings (SSSR count). The van der Waals surface area contributed by atoms with E-state index in [-0.39, 0.29) is 5.69 Å². The van der Waals surface area contributed by atoms with Gasteiger partial charge in [0.25, 0.3) is 0 Å². The average molecular weight is 289 g/mol. The normalized spacial score (nSPS) is 18.6. The molecule has 1 saturated heterocycles. The highest BCUT2D eigenvalue weighted by molar-refractivity contribution is 5.37. The van der Waals surface area contributed by atoms with Gasteiger partial charge in [0.15, 0.2) is 0 Å². The molecule has 3 heterocycles. The van der Waals surface area contributed by atoms with Crippen LogP contribution in [0, 0.1) is 6.92 Å². The summed E-state index contributed by atoms with van der Waals surface area (Å²) in [5.41, 5.74) is 0.757. The van der Waals surface area contributed by atoms with Crippen molar-refractivity contribution in [3.05, 3.63) is 33.9 Å². The van der Waals surface area contributed by atoms with Crippen LogP contribution in [-0.2, 0) is 6.54 Å². The topological polar surface area (TPSA) is 111 Å². The highest BCUT2D eigenvalue weighted by Crippen LogP contribution is 2.23. The van der Waals surface area contributed by atoms with Gasteiger partial charge in [0.05, 0.1) is 12.2 Å². The molecule has 1 aliphatic rings. The van der Waals surface area contributed by atoms with E-state index in [1.165, 1.54) is 6.42 Å². The van der Waals surface area contributed by atoms with Gasteiger partial charge in [0, 0.05) is 18.5 Å². The largest absolute Gasteiger partial charge is 0.363 e. The lowest BCUT2D eigenvalue weighted by atomic mass is 9.96. The first-order valence-corrected chi connectivity index (χ1v) is 7.14. The van der Waals surface area contributed by atoms with Crippen molar-refractivity contribution in [2.24, 2.45) is 0 Å². The summed E-state index contributed by atoms with van der Waals surface area (Å²) in [6.45, 7) is 4.35. The number of hydrogen-bond acceptors (Lipinski definition) is 6. The summed E-state index contributed by atoms with van der Waals surface area (Å²) in [4.78, 5) is 22.5. The lowest BCUT2D eigenvalue weighted by molar-refractivity contribution is 0.453. The van der Waals surface area contributed by atoms with Gasteiger partial charge in [0.2, 0.25) is 0 Å². The molecule has 0 aliphatic carbocycles. The molecule has 0 aromatic carbocycles. The van der Waals surface area contributed by atoms with E-state index in [2.05, 4.69) is 35.8 Å². The molecule has 0 bridgehead atoms. The van der Waals surface area contributed by atoms with Crippen molar-refractivity contribution in [3.63, 3.8) is 0 Å². The van der Waals surface area contributed by atoms with Crippen LogP contribution in [0.25, 0.3) is 0 Å². The van der Waals surface area contributed by atoms with Crippen molar-refractivity contribution in [2.45, 2.75) is 32.2 Å².